The summed E-state index contributed by atoms with van der Waals surface area (Å²) in [5, 5.41) is 16.9. The summed E-state index contributed by atoms with van der Waals surface area (Å²) < 4.78 is 11.0. The molecular weight excluding hydrogens is 207 g/mol. The van der Waals surface area contributed by atoms with Crippen LogP contribution in [0.2, 0.25) is 0 Å². The number of ketones is 1. The molecule has 2 unspecified atom stereocenters. The fourth-order valence-electron chi connectivity index (χ4n) is 0.998. The van der Waals surface area contributed by atoms with Crippen molar-refractivity contribution in [2.75, 3.05) is 12.5 Å². The average Bonchev–Trinajstić information content (AvgIpc) is 2.15. The average molecular weight is 220 g/mol. The standard InChI is InChI=1S/C8H13O5P/c1-2-3-6(4-14(13)5-9)7(10)8(11)12/h2,6,9,14H,1,3-5H2,(H,11,12). The Morgan fingerprint density at radius 2 is 2.07 bits per heavy atom. The summed E-state index contributed by atoms with van der Waals surface area (Å²) in [7, 11) is -2.25. The number of Topliss-reactive ketones (excluding diaryl/α,β-unsaturated/α-hetero) is 1. The van der Waals surface area contributed by atoms with Gasteiger partial charge < -0.3 is 14.8 Å². The summed E-state index contributed by atoms with van der Waals surface area (Å²) in [6.07, 6.45) is 1.00. The van der Waals surface area contributed by atoms with Gasteiger partial charge in [0.1, 0.15) is 7.80 Å². The van der Waals surface area contributed by atoms with Gasteiger partial charge in [-0.3, -0.25) is 4.79 Å². The van der Waals surface area contributed by atoms with E-state index in [4.69, 9.17) is 10.2 Å². The monoisotopic (exact) mass is 220 g/mol. The van der Waals surface area contributed by atoms with Crippen LogP contribution in [0.3, 0.4) is 0 Å². The van der Waals surface area contributed by atoms with Crippen molar-refractivity contribution in [3.63, 3.8) is 0 Å². The molecule has 0 heterocycles. The molecule has 0 saturated carbocycles. The molecule has 0 aliphatic carbocycles. The second-order valence-electron chi connectivity index (χ2n) is 2.79. The van der Waals surface area contributed by atoms with E-state index in [0.29, 0.717) is 0 Å². The van der Waals surface area contributed by atoms with Gasteiger partial charge in [-0.05, 0) is 6.42 Å². The first-order valence-electron chi connectivity index (χ1n) is 4.03. The molecule has 0 aromatic carbocycles. The van der Waals surface area contributed by atoms with E-state index in [-0.39, 0.29) is 12.6 Å². The summed E-state index contributed by atoms with van der Waals surface area (Å²) >= 11 is 0. The van der Waals surface area contributed by atoms with Gasteiger partial charge in [0.25, 0.3) is 0 Å². The molecule has 2 atom stereocenters. The molecule has 0 aliphatic rings. The number of hydrogen-bond donors (Lipinski definition) is 2. The summed E-state index contributed by atoms with van der Waals surface area (Å²) in [6, 6.07) is 0. The lowest BCUT2D eigenvalue weighted by atomic mass is 10.0. The van der Waals surface area contributed by atoms with Crippen molar-refractivity contribution in [3.8, 4) is 0 Å². The third-order valence-corrected chi connectivity index (χ3v) is 2.98. The molecule has 0 spiro atoms. The van der Waals surface area contributed by atoms with Crippen LogP contribution in [0.15, 0.2) is 12.7 Å². The second kappa shape index (κ2) is 6.51. The summed E-state index contributed by atoms with van der Waals surface area (Å²) in [5.74, 6) is -3.34. The summed E-state index contributed by atoms with van der Waals surface area (Å²) in [6.45, 7) is 3.38. The van der Waals surface area contributed by atoms with Gasteiger partial charge in [-0.15, -0.1) is 6.58 Å². The third-order valence-electron chi connectivity index (χ3n) is 1.68. The highest BCUT2D eigenvalue weighted by Crippen LogP contribution is 2.24. The van der Waals surface area contributed by atoms with Gasteiger partial charge in [-0.2, -0.15) is 0 Å². The van der Waals surface area contributed by atoms with E-state index in [1.165, 1.54) is 6.08 Å². The highest BCUT2D eigenvalue weighted by molar-refractivity contribution is 7.44. The van der Waals surface area contributed by atoms with Gasteiger partial charge in [-0.25, -0.2) is 4.79 Å². The SMILES string of the molecule is C=CCC(C[PH](=O)CO)C(=O)C(=O)O. The van der Waals surface area contributed by atoms with Crippen LogP contribution < -0.4 is 0 Å². The van der Waals surface area contributed by atoms with Crippen LogP contribution in [0.4, 0.5) is 0 Å². The molecule has 0 radical (unpaired) electrons. The lowest BCUT2D eigenvalue weighted by molar-refractivity contribution is -0.150. The van der Waals surface area contributed by atoms with Crippen LogP contribution >= 0.6 is 7.80 Å². The lowest BCUT2D eigenvalue weighted by Gasteiger charge is -2.09. The van der Waals surface area contributed by atoms with Gasteiger partial charge in [0.05, 0.1) is 6.35 Å². The Hall–Kier alpha value is -0.930. The molecule has 5 nitrogen and oxygen atoms in total. The Labute approximate surface area is 82.2 Å². The molecular formula is C8H13O5P. The van der Waals surface area contributed by atoms with E-state index in [1.807, 2.05) is 0 Å². The van der Waals surface area contributed by atoms with E-state index in [9.17, 15) is 14.2 Å². The Kier molecular flexibility index (Phi) is 6.08. The van der Waals surface area contributed by atoms with Crippen LogP contribution in [0.25, 0.3) is 0 Å². The highest BCUT2D eigenvalue weighted by Gasteiger charge is 2.24. The maximum absolute atomic E-state index is 11.0. The van der Waals surface area contributed by atoms with Crippen LogP contribution in [-0.2, 0) is 14.2 Å². The number of allylic oxidation sites excluding steroid dienone is 1. The number of aliphatic hydroxyl groups excluding tert-OH is 1. The minimum Gasteiger partial charge on any atom is -0.475 e. The predicted molar refractivity (Wildman–Crippen MR) is 51.9 cm³/mol. The maximum atomic E-state index is 11.0. The fourth-order valence-corrected chi connectivity index (χ4v) is 2.03. The van der Waals surface area contributed by atoms with E-state index >= 15 is 0 Å². The van der Waals surface area contributed by atoms with Crippen molar-refractivity contribution in [3.05, 3.63) is 12.7 Å². The predicted octanol–water partition coefficient (Wildman–Crippen LogP) is 0.342. The Bertz CT molecular complexity index is 260. The van der Waals surface area contributed by atoms with Gasteiger partial charge >= 0.3 is 5.97 Å². The second-order valence-corrected chi connectivity index (χ2v) is 4.59. The zero-order chi connectivity index (χ0) is 11.1. The van der Waals surface area contributed by atoms with Crippen molar-refractivity contribution in [1.82, 2.24) is 0 Å². The first-order valence-corrected chi connectivity index (χ1v) is 5.85. The van der Waals surface area contributed by atoms with Gasteiger partial charge in [0.2, 0.25) is 5.78 Å². The van der Waals surface area contributed by atoms with Crippen molar-refractivity contribution in [1.29, 1.82) is 0 Å². The highest BCUT2D eigenvalue weighted by atomic mass is 31.1. The molecule has 0 aromatic rings. The number of carboxylic acid groups (broad SMARTS) is 1. The third kappa shape index (κ3) is 4.35. The Balaban J connectivity index is 4.42. The summed E-state index contributed by atoms with van der Waals surface area (Å²) in [5.41, 5.74) is 0. The smallest absolute Gasteiger partial charge is 0.372 e. The molecule has 0 aliphatic heterocycles. The van der Waals surface area contributed by atoms with Gasteiger partial charge in [-0.1, -0.05) is 6.08 Å². The number of aliphatic hydroxyl groups is 1. The Morgan fingerprint density at radius 1 is 1.50 bits per heavy atom. The fraction of sp³-hybridized carbons (Fsp3) is 0.500. The minimum absolute atomic E-state index is 0.0711. The molecule has 0 fully saturated rings. The van der Waals surface area contributed by atoms with E-state index in [0.717, 1.165) is 0 Å². The molecule has 0 rings (SSSR count). The number of hydrogen-bond acceptors (Lipinski definition) is 4. The Morgan fingerprint density at radius 3 is 2.43 bits per heavy atom. The topological polar surface area (TPSA) is 91.7 Å². The quantitative estimate of drug-likeness (QED) is 0.366. The van der Waals surface area contributed by atoms with Crippen molar-refractivity contribution < 1.29 is 24.4 Å². The maximum Gasteiger partial charge on any atom is 0.372 e. The van der Waals surface area contributed by atoms with Crippen LogP contribution in [0.1, 0.15) is 6.42 Å². The zero-order valence-corrected chi connectivity index (χ0v) is 8.60. The number of carbonyl (C=O) groups excluding carboxylic acids is 1. The molecule has 0 saturated heterocycles. The van der Waals surface area contributed by atoms with Crippen molar-refractivity contribution >= 4 is 19.6 Å². The largest absolute Gasteiger partial charge is 0.475 e. The first kappa shape index (κ1) is 13.1. The van der Waals surface area contributed by atoms with Crippen LogP contribution in [0, 0.1) is 5.92 Å². The minimum atomic E-state index is -2.25. The zero-order valence-electron chi connectivity index (χ0n) is 7.60. The van der Waals surface area contributed by atoms with Crippen molar-refractivity contribution in [2.24, 2.45) is 5.92 Å². The van der Waals surface area contributed by atoms with Crippen LogP contribution in [0.5, 0.6) is 0 Å². The molecule has 0 bridgehead atoms. The number of aliphatic carboxylic acids is 1. The van der Waals surface area contributed by atoms with Gasteiger partial charge in [0, 0.05) is 12.1 Å². The molecule has 14 heavy (non-hydrogen) atoms. The van der Waals surface area contributed by atoms with E-state index in [2.05, 4.69) is 6.58 Å². The van der Waals surface area contributed by atoms with E-state index < -0.39 is 31.8 Å². The molecule has 0 aromatic heterocycles. The summed E-state index contributed by atoms with van der Waals surface area (Å²) in [4.78, 5) is 21.4. The molecule has 80 valence electrons. The lowest BCUT2D eigenvalue weighted by Crippen LogP contribution is -2.24. The first-order chi connectivity index (χ1) is 6.52. The van der Waals surface area contributed by atoms with E-state index in [1.54, 1.807) is 0 Å². The molecule has 0 amide bonds. The normalized spacial score (nSPS) is 14.4. The van der Waals surface area contributed by atoms with Crippen LogP contribution in [-0.4, -0.2) is 34.5 Å². The molecule has 6 heteroatoms. The van der Waals surface area contributed by atoms with Crippen molar-refractivity contribution in [2.45, 2.75) is 6.42 Å². The number of carbonyl (C=O) groups is 2. The number of carboxylic acids is 1. The number of rotatable bonds is 7. The molecule has 2 N–H and O–H groups in total. The van der Waals surface area contributed by atoms with Gasteiger partial charge in [0.15, 0.2) is 0 Å².